The van der Waals surface area contributed by atoms with Gasteiger partial charge in [-0.1, -0.05) is 53.9 Å². The lowest BCUT2D eigenvalue weighted by Gasteiger charge is -2.19. The van der Waals surface area contributed by atoms with Crippen molar-refractivity contribution in [2.24, 2.45) is 0 Å². The van der Waals surface area contributed by atoms with Crippen LogP contribution in [0, 0.1) is 6.92 Å². The van der Waals surface area contributed by atoms with Crippen molar-refractivity contribution in [1.82, 2.24) is 5.32 Å². The Morgan fingerprint density at radius 2 is 2.11 bits per heavy atom. The number of halogens is 1. The van der Waals surface area contributed by atoms with E-state index in [-0.39, 0.29) is 0 Å². The van der Waals surface area contributed by atoms with Crippen LogP contribution >= 0.6 is 15.9 Å². The van der Waals surface area contributed by atoms with E-state index in [1.807, 2.05) is 6.08 Å². The van der Waals surface area contributed by atoms with Crippen molar-refractivity contribution in [2.45, 2.75) is 52.0 Å². The molecule has 0 aliphatic heterocycles. The van der Waals surface area contributed by atoms with Gasteiger partial charge in [-0.2, -0.15) is 0 Å². The molecule has 0 amide bonds. The van der Waals surface area contributed by atoms with E-state index in [2.05, 4.69) is 59.9 Å². The van der Waals surface area contributed by atoms with Crippen LogP contribution in [0.15, 0.2) is 35.3 Å². The van der Waals surface area contributed by atoms with Crippen LogP contribution in [0.1, 0.15) is 56.2 Å². The molecule has 1 aromatic carbocycles. The van der Waals surface area contributed by atoms with E-state index in [4.69, 9.17) is 0 Å². The molecule has 0 saturated carbocycles. The number of allylic oxidation sites excluding steroid dienone is 1. The Bertz CT molecular complexity index is 387. The molecule has 0 aromatic heterocycles. The van der Waals surface area contributed by atoms with E-state index in [1.54, 1.807) is 0 Å². The summed E-state index contributed by atoms with van der Waals surface area (Å²) < 4.78 is 1.21. The Balaban J connectivity index is 2.55. The van der Waals surface area contributed by atoms with E-state index in [0.717, 1.165) is 13.0 Å². The van der Waals surface area contributed by atoms with Crippen molar-refractivity contribution in [3.05, 3.63) is 46.5 Å². The minimum atomic E-state index is 0.477. The monoisotopic (exact) mass is 323 g/mol. The highest BCUT2D eigenvalue weighted by molar-refractivity contribution is 9.10. The second-order valence-electron chi connectivity index (χ2n) is 5.05. The summed E-state index contributed by atoms with van der Waals surface area (Å²) in [5.41, 5.74) is 2.69. The Hall–Kier alpha value is -0.600. The van der Waals surface area contributed by atoms with Crippen molar-refractivity contribution >= 4 is 15.9 Å². The quantitative estimate of drug-likeness (QED) is 0.464. The van der Waals surface area contributed by atoms with Gasteiger partial charge in [-0.15, -0.1) is 6.58 Å². The Kier molecular flexibility index (Phi) is 8.08. The molecule has 1 atom stereocenters. The highest BCUT2D eigenvalue weighted by atomic mass is 79.9. The molecule has 1 nitrogen and oxygen atoms in total. The molecule has 0 fully saturated rings. The fourth-order valence-electron chi connectivity index (χ4n) is 2.27. The topological polar surface area (TPSA) is 12.0 Å². The lowest BCUT2D eigenvalue weighted by molar-refractivity contribution is 0.483. The number of hydrogen-bond donors (Lipinski definition) is 1. The van der Waals surface area contributed by atoms with Gasteiger partial charge in [-0.05, 0) is 49.9 Å². The minimum absolute atomic E-state index is 0.477. The lowest BCUT2D eigenvalue weighted by atomic mass is 9.99. The van der Waals surface area contributed by atoms with Gasteiger partial charge in [0.15, 0.2) is 0 Å². The van der Waals surface area contributed by atoms with Gasteiger partial charge in [0.2, 0.25) is 0 Å². The fourth-order valence-corrected chi connectivity index (χ4v) is 2.67. The number of aryl methyl sites for hydroxylation is 1. The van der Waals surface area contributed by atoms with Crippen LogP contribution in [0.5, 0.6) is 0 Å². The van der Waals surface area contributed by atoms with E-state index >= 15 is 0 Å². The van der Waals surface area contributed by atoms with E-state index in [1.165, 1.54) is 41.3 Å². The molecule has 0 aliphatic rings. The summed E-state index contributed by atoms with van der Waals surface area (Å²) in [5, 5.41) is 3.60. The molecule has 0 spiro atoms. The Labute approximate surface area is 126 Å². The summed E-state index contributed by atoms with van der Waals surface area (Å²) in [6.07, 6.45) is 8.19. The second kappa shape index (κ2) is 9.33. The average molecular weight is 324 g/mol. The zero-order chi connectivity index (χ0) is 14.1. The summed E-state index contributed by atoms with van der Waals surface area (Å²) in [4.78, 5) is 0. The number of unbranched alkanes of at least 4 members (excludes halogenated alkanes) is 3. The molecule has 1 N–H and O–H groups in total. The predicted molar refractivity (Wildman–Crippen MR) is 88.6 cm³/mol. The largest absolute Gasteiger partial charge is 0.310 e. The average Bonchev–Trinajstić information content (AvgIpc) is 2.40. The zero-order valence-corrected chi connectivity index (χ0v) is 13.8. The fraction of sp³-hybridized carbons (Fsp3) is 0.529. The summed E-state index contributed by atoms with van der Waals surface area (Å²) in [6, 6.07) is 7.18. The maximum atomic E-state index is 3.77. The molecule has 2 heteroatoms. The number of rotatable bonds is 9. The predicted octanol–water partition coefficient (Wildman–Crippen LogP) is 5.54. The van der Waals surface area contributed by atoms with Crippen molar-refractivity contribution < 1.29 is 0 Å². The molecule has 19 heavy (non-hydrogen) atoms. The molecule has 1 aromatic rings. The maximum Gasteiger partial charge on any atom is 0.0320 e. The van der Waals surface area contributed by atoms with Crippen molar-refractivity contribution in [1.29, 1.82) is 0 Å². The molecule has 0 radical (unpaired) electrons. The van der Waals surface area contributed by atoms with Crippen LogP contribution in [0.25, 0.3) is 0 Å². The number of nitrogens with one attached hydrogen (secondary N) is 1. The standard InChI is InChI=1S/C17H26BrN/c1-4-6-7-8-9-10-17(19-5-2)15-12-11-14(3)16(18)13-15/h4,11-13,17,19H,1,5-10H2,2-3H3. The van der Waals surface area contributed by atoms with E-state index in [0.29, 0.717) is 6.04 Å². The highest BCUT2D eigenvalue weighted by Crippen LogP contribution is 2.25. The number of benzene rings is 1. The molecule has 0 saturated heterocycles. The van der Waals surface area contributed by atoms with E-state index < -0.39 is 0 Å². The van der Waals surface area contributed by atoms with Gasteiger partial charge in [0.05, 0.1) is 0 Å². The van der Waals surface area contributed by atoms with Gasteiger partial charge in [-0.3, -0.25) is 0 Å². The van der Waals surface area contributed by atoms with Crippen LogP contribution in [0.4, 0.5) is 0 Å². The highest BCUT2D eigenvalue weighted by Gasteiger charge is 2.10. The van der Waals surface area contributed by atoms with Gasteiger partial charge >= 0.3 is 0 Å². The molecule has 1 unspecified atom stereocenters. The van der Waals surface area contributed by atoms with Crippen molar-refractivity contribution in [3.8, 4) is 0 Å². The van der Waals surface area contributed by atoms with Gasteiger partial charge in [0.25, 0.3) is 0 Å². The molecule has 106 valence electrons. The van der Waals surface area contributed by atoms with Crippen LogP contribution in [-0.4, -0.2) is 6.54 Å². The Morgan fingerprint density at radius 3 is 2.74 bits per heavy atom. The molecule has 0 bridgehead atoms. The smallest absolute Gasteiger partial charge is 0.0320 e. The molecular formula is C17H26BrN. The normalized spacial score (nSPS) is 12.4. The maximum absolute atomic E-state index is 3.77. The Morgan fingerprint density at radius 1 is 1.32 bits per heavy atom. The molecule has 1 rings (SSSR count). The van der Waals surface area contributed by atoms with Gasteiger partial charge in [0.1, 0.15) is 0 Å². The first-order valence-electron chi connectivity index (χ1n) is 7.29. The molecular weight excluding hydrogens is 298 g/mol. The first-order valence-corrected chi connectivity index (χ1v) is 8.08. The van der Waals surface area contributed by atoms with E-state index in [9.17, 15) is 0 Å². The third kappa shape index (κ3) is 5.92. The van der Waals surface area contributed by atoms with Gasteiger partial charge in [-0.25, -0.2) is 0 Å². The minimum Gasteiger partial charge on any atom is -0.310 e. The molecule has 0 heterocycles. The summed E-state index contributed by atoms with van der Waals surface area (Å²) in [7, 11) is 0. The van der Waals surface area contributed by atoms with Gasteiger partial charge < -0.3 is 5.32 Å². The first kappa shape index (κ1) is 16.5. The van der Waals surface area contributed by atoms with Gasteiger partial charge in [0, 0.05) is 10.5 Å². The van der Waals surface area contributed by atoms with Crippen LogP contribution in [0.3, 0.4) is 0 Å². The van der Waals surface area contributed by atoms with Crippen LogP contribution in [0.2, 0.25) is 0 Å². The van der Waals surface area contributed by atoms with Crippen molar-refractivity contribution in [3.63, 3.8) is 0 Å². The zero-order valence-electron chi connectivity index (χ0n) is 12.2. The lowest BCUT2D eigenvalue weighted by Crippen LogP contribution is -2.20. The summed E-state index contributed by atoms with van der Waals surface area (Å²) in [5.74, 6) is 0. The third-order valence-corrected chi connectivity index (χ3v) is 4.30. The van der Waals surface area contributed by atoms with Crippen LogP contribution < -0.4 is 5.32 Å². The second-order valence-corrected chi connectivity index (χ2v) is 5.90. The van der Waals surface area contributed by atoms with Crippen molar-refractivity contribution in [2.75, 3.05) is 6.54 Å². The summed E-state index contributed by atoms with van der Waals surface area (Å²) >= 11 is 3.63. The molecule has 0 aliphatic carbocycles. The third-order valence-electron chi connectivity index (χ3n) is 3.45. The SMILES string of the molecule is C=CCCCCCC(NCC)c1ccc(C)c(Br)c1. The number of hydrogen-bond acceptors (Lipinski definition) is 1. The first-order chi connectivity index (χ1) is 9.19. The summed E-state index contributed by atoms with van der Waals surface area (Å²) in [6.45, 7) is 9.09. The van der Waals surface area contributed by atoms with Crippen LogP contribution in [-0.2, 0) is 0 Å².